The van der Waals surface area contributed by atoms with E-state index in [1.165, 1.54) is 249 Å². The molecule has 0 fully saturated rings. The Morgan fingerprint density at radius 2 is 0.614 bits per heavy atom. The second kappa shape index (κ2) is 43.2. The van der Waals surface area contributed by atoms with Crippen molar-refractivity contribution in [3.63, 3.8) is 0 Å². The summed E-state index contributed by atoms with van der Waals surface area (Å²) in [5.41, 5.74) is 0. The van der Waals surface area contributed by atoms with E-state index in [9.17, 15) is 8.42 Å². The monoisotopic (exact) mass is 821 g/mol. The summed E-state index contributed by atoms with van der Waals surface area (Å²) in [4.78, 5) is 0.238. The second-order valence-corrected chi connectivity index (χ2v) is 20.0. The van der Waals surface area contributed by atoms with Crippen LogP contribution in [-0.4, -0.2) is 46.7 Å². The van der Waals surface area contributed by atoms with Crippen molar-refractivity contribution < 1.29 is 17.1 Å². The van der Waals surface area contributed by atoms with Crippen molar-refractivity contribution in [2.75, 3.05) is 33.8 Å². The van der Waals surface area contributed by atoms with Crippen LogP contribution in [0.5, 0.6) is 0 Å². The Bertz CT molecular complexity index is 977. The molecule has 0 atom stereocenters. The maximum atomic E-state index is 11.9. The molecule has 0 aromatic heterocycles. The van der Waals surface area contributed by atoms with Crippen LogP contribution in [0, 0.1) is 0 Å². The molecule has 1 aromatic rings. The summed E-state index contributed by atoms with van der Waals surface area (Å²) in [6, 6.07) is 8.33. The Morgan fingerprint density at radius 3 is 0.895 bits per heavy atom. The lowest BCUT2D eigenvalue weighted by molar-refractivity contribution is -0.890. The van der Waals surface area contributed by atoms with Gasteiger partial charge in [-0.25, -0.2) is 0 Å². The third-order valence-corrected chi connectivity index (χ3v) is 13.3. The molecule has 338 valence electrons. The van der Waals surface area contributed by atoms with Gasteiger partial charge in [0.25, 0.3) is 10.1 Å². The molecule has 0 amide bonds. The van der Waals surface area contributed by atoms with Gasteiger partial charge in [-0.3, -0.25) is 4.18 Å². The van der Waals surface area contributed by atoms with Crippen molar-refractivity contribution in [2.24, 2.45) is 0 Å². The highest BCUT2D eigenvalue weighted by Crippen LogP contribution is 2.17. The summed E-state index contributed by atoms with van der Waals surface area (Å²) in [5.74, 6) is 0. The highest BCUT2D eigenvalue weighted by Gasteiger charge is 2.14. The van der Waals surface area contributed by atoms with Crippen LogP contribution in [-0.2, 0) is 14.3 Å². The zero-order valence-corrected chi connectivity index (χ0v) is 40.3. The average molecular weight is 821 g/mol. The Labute approximate surface area is 359 Å². The van der Waals surface area contributed by atoms with Gasteiger partial charge in [-0.15, -0.1) is 0 Å². The minimum Gasteiger partial charge on any atom is -0.328 e. The molecule has 0 spiro atoms. The van der Waals surface area contributed by atoms with Gasteiger partial charge in [0, 0.05) is 0 Å². The molecular weight excluding hydrogens is 719 g/mol. The van der Waals surface area contributed by atoms with Gasteiger partial charge in [-0.1, -0.05) is 251 Å². The minimum atomic E-state index is -3.57. The van der Waals surface area contributed by atoms with E-state index in [0.717, 1.165) is 12.8 Å². The molecule has 0 heterocycles. The Hall–Kier alpha value is -0.910. The summed E-state index contributed by atoms with van der Waals surface area (Å²) >= 11 is 0. The third kappa shape index (κ3) is 41.6. The normalized spacial score (nSPS) is 11.9. The SMILES string of the molecule is CCCCCCCCCCCCCCCC[N+](C)(C)CCCCCCCCCCCCCCCC.CCCCCCCCCCCCOS(=O)(=O)c1ccccc1. The fourth-order valence-corrected chi connectivity index (χ4v) is 8.96. The lowest BCUT2D eigenvalue weighted by Crippen LogP contribution is -2.41. The number of quaternary nitrogens is 1. The molecule has 0 saturated heterocycles. The first kappa shape index (κ1) is 56.1. The number of unbranched alkanes of at least 4 members (excludes halogenated alkanes) is 35. The van der Waals surface area contributed by atoms with Crippen LogP contribution in [0.1, 0.15) is 265 Å². The Balaban J connectivity index is 0.00000122. The predicted octanol–water partition coefficient (Wildman–Crippen LogP) is 17.3. The van der Waals surface area contributed by atoms with Crippen LogP contribution >= 0.6 is 0 Å². The molecule has 0 bridgehead atoms. The van der Waals surface area contributed by atoms with E-state index in [2.05, 4.69) is 34.9 Å². The smallest absolute Gasteiger partial charge is 0.296 e. The van der Waals surface area contributed by atoms with E-state index >= 15 is 0 Å². The maximum Gasteiger partial charge on any atom is 0.296 e. The van der Waals surface area contributed by atoms with Crippen molar-refractivity contribution in [3.05, 3.63) is 30.3 Å². The molecule has 5 heteroatoms. The van der Waals surface area contributed by atoms with Gasteiger partial charge in [0.1, 0.15) is 0 Å². The molecule has 0 radical (unpaired) electrons. The standard InChI is InChI=1S/C34H72N.C18H30O3S/c1-5-7-9-11-13-15-17-19-21-23-25-27-29-31-33-35(3,4)34-32-30-28-26-24-22-20-18-16-14-12-10-8-6-2;1-2-3-4-5-6-7-8-9-10-14-17-21-22(19,20)18-15-12-11-13-16-18/h5-34H2,1-4H3;11-13,15-16H,2-10,14,17H2,1H3/q+1;. The molecule has 0 N–H and O–H groups in total. The Morgan fingerprint density at radius 1 is 0.368 bits per heavy atom. The van der Waals surface area contributed by atoms with Crippen LogP contribution in [0.2, 0.25) is 0 Å². The fourth-order valence-electron chi connectivity index (χ4n) is 7.99. The molecule has 4 nitrogen and oxygen atoms in total. The van der Waals surface area contributed by atoms with Crippen LogP contribution < -0.4 is 0 Å². The summed E-state index contributed by atoms with van der Waals surface area (Å²) in [6.45, 7) is 9.91. The largest absolute Gasteiger partial charge is 0.328 e. The van der Waals surface area contributed by atoms with Gasteiger partial charge in [0.05, 0.1) is 38.7 Å². The van der Waals surface area contributed by atoms with Crippen molar-refractivity contribution >= 4 is 10.1 Å². The first-order valence-electron chi connectivity index (χ1n) is 25.6. The average Bonchev–Trinajstić information content (AvgIpc) is 3.20. The molecule has 0 saturated carbocycles. The van der Waals surface area contributed by atoms with Crippen LogP contribution in [0.3, 0.4) is 0 Å². The van der Waals surface area contributed by atoms with E-state index in [1.807, 2.05) is 0 Å². The third-order valence-electron chi connectivity index (χ3n) is 12.0. The second-order valence-electron chi connectivity index (χ2n) is 18.3. The molecule has 0 aliphatic heterocycles. The molecular formula is C52H102NO3S+. The number of benzene rings is 1. The summed E-state index contributed by atoms with van der Waals surface area (Å²) in [6.07, 6.45) is 53.2. The van der Waals surface area contributed by atoms with Gasteiger partial charge in [-0.05, 0) is 44.2 Å². The summed E-state index contributed by atoms with van der Waals surface area (Å²) in [5, 5.41) is 0. The highest BCUT2D eigenvalue weighted by molar-refractivity contribution is 7.86. The van der Waals surface area contributed by atoms with Gasteiger partial charge in [0.2, 0.25) is 0 Å². The molecule has 0 aliphatic rings. The zero-order chi connectivity index (χ0) is 41.8. The molecule has 0 unspecified atom stereocenters. The van der Waals surface area contributed by atoms with E-state index in [0.29, 0.717) is 0 Å². The van der Waals surface area contributed by atoms with Crippen molar-refractivity contribution in [1.82, 2.24) is 0 Å². The van der Waals surface area contributed by atoms with Crippen LogP contribution in [0.4, 0.5) is 0 Å². The van der Waals surface area contributed by atoms with E-state index < -0.39 is 10.1 Å². The Kier molecular flexibility index (Phi) is 42.5. The lowest BCUT2D eigenvalue weighted by Gasteiger charge is -2.30. The van der Waals surface area contributed by atoms with Crippen molar-refractivity contribution in [1.29, 1.82) is 0 Å². The minimum absolute atomic E-state index is 0.238. The first-order chi connectivity index (χ1) is 27.8. The maximum absolute atomic E-state index is 11.9. The van der Waals surface area contributed by atoms with Gasteiger partial charge < -0.3 is 4.48 Å². The molecule has 0 aliphatic carbocycles. The summed E-state index contributed by atoms with van der Waals surface area (Å²) < 4.78 is 30.0. The van der Waals surface area contributed by atoms with Crippen molar-refractivity contribution in [3.8, 4) is 0 Å². The van der Waals surface area contributed by atoms with E-state index in [4.69, 9.17) is 4.18 Å². The van der Waals surface area contributed by atoms with Crippen molar-refractivity contribution in [2.45, 2.75) is 270 Å². The van der Waals surface area contributed by atoms with Gasteiger partial charge in [0.15, 0.2) is 0 Å². The molecule has 1 rings (SSSR count). The zero-order valence-electron chi connectivity index (χ0n) is 39.5. The molecule has 1 aromatic carbocycles. The highest BCUT2D eigenvalue weighted by atomic mass is 32.2. The van der Waals surface area contributed by atoms with Crippen LogP contribution in [0.15, 0.2) is 35.2 Å². The van der Waals surface area contributed by atoms with Gasteiger partial charge in [-0.2, -0.15) is 8.42 Å². The predicted molar refractivity (Wildman–Crippen MR) is 254 cm³/mol. The summed E-state index contributed by atoms with van der Waals surface area (Å²) in [7, 11) is 1.36. The van der Waals surface area contributed by atoms with Crippen LogP contribution in [0.25, 0.3) is 0 Å². The lowest BCUT2D eigenvalue weighted by atomic mass is 10.0. The number of rotatable bonds is 43. The number of hydrogen-bond acceptors (Lipinski definition) is 3. The fraction of sp³-hybridized carbons (Fsp3) is 0.885. The van der Waals surface area contributed by atoms with E-state index in [-0.39, 0.29) is 11.5 Å². The first-order valence-corrected chi connectivity index (χ1v) is 27.0. The topological polar surface area (TPSA) is 43.4 Å². The number of hydrogen-bond donors (Lipinski definition) is 0. The number of nitrogens with zero attached hydrogens (tertiary/aromatic N) is 1. The quantitative estimate of drug-likeness (QED) is 0.0374. The van der Waals surface area contributed by atoms with Gasteiger partial charge >= 0.3 is 0 Å². The van der Waals surface area contributed by atoms with E-state index in [1.54, 1.807) is 30.3 Å². The molecule has 57 heavy (non-hydrogen) atoms.